The SMILES string of the molecule is Cn1c(=O)c(=O)n(C)c2cc(N3CCCCC3)c(NC(=O)c3ccc(Cl)cc3)cc21. The molecule has 0 atom stereocenters. The third-order valence-corrected chi connectivity index (χ3v) is 5.91. The molecule has 1 aliphatic rings. The van der Waals surface area contributed by atoms with E-state index in [1.54, 1.807) is 44.4 Å². The zero-order valence-corrected chi connectivity index (χ0v) is 17.7. The summed E-state index contributed by atoms with van der Waals surface area (Å²) < 4.78 is 2.70. The van der Waals surface area contributed by atoms with Gasteiger partial charge in [0.25, 0.3) is 5.91 Å². The summed E-state index contributed by atoms with van der Waals surface area (Å²) in [4.78, 5) is 39.7. The maximum Gasteiger partial charge on any atom is 0.316 e. The number of amides is 1. The Kier molecular flexibility index (Phi) is 5.39. The van der Waals surface area contributed by atoms with Crippen molar-refractivity contribution in [3.05, 3.63) is 67.7 Å². The Labute approximate surface area is 178 Å². The summed E-state index contributed by atoms with van der Waals surface area (Å²) in [5.41, 5.74) is 1.98. The molecule has 1 aliphatic heterocycles. The largest absolute Gasteiger partial charge is 0.370 e. The second kappa shape index (κ2) is 7.99. The molecule has 1 fully saturated rings. The minimum atomic E-state index is -0.606. The molecule has 0 radical (unpaired) electrons. The number of carbonyl (C=O) groups excluding carboxylic acids is 1. The van der Waals surface area contributed by atoms with Crippen LogP contribution in [0.3, 0.4) is 0 Å². The fourth-order valence-corrected chi connectivity index (χ4v) is 4.03. The highest BCUT2D eigenvalue weighted by Gasteiger charge is 2.20. The van der Waals surface area contributed by atoms with Gasteiger partial charge in [-0.25, -0.2) is 0 Å². The summed E-state index contributed by atoms with van der Waals surface area (Å²) in [6, 6.07) is 10.3. The normalized spacial score (nSPS) is 14.2. The number of anilines is 2. The summed E-state index contributed by atoms with van der Waals surface area (Å²) in [6.07, 6.45) is 3.30. The van der Waals surface area contributed by atoms with Gasteiger partial charge in [-0.15, -0.1) is 0 Å². The molecule has 0 unspecified atom stereocenters. The standard InChI is InChI=1S/C22H23ClN4O3/c1-25-18-12-16(24-20(28)14-6-8-15(23)9-7-14)17(27-10-4-3-5-11-27)13-19(18)26(2)22(30)21(25)29/h6-9,12-13H,3-5,10-11H2,1-2H3,(H,24,28). The number of halogens is 1. The van der Waals surface area contributed by atoms with Gasteiger partial charge in [0.1, 0.15) is 0 Å². The van der Waals surface area contributed by atoms with Crippen molar-refractivity contribution in [1.82, 2.24) is 9.13 Å². The van der Waals surface area contributed by atoms with Crippen LogP contribution >= 0.6 is 11.6 Å². The molecule has 0 spiro atoms. The van der Waals surface area contributed by atoms with Gasteiger partial charge in [0.15, 0.2) is 0 Å². The van der Waals surface area contributed by atoms with Crippen LogP contribution in [0.15, 0.2) is 46.0 Å². The first-order valence-electron chi connectivity index (χ1n) is 9.92. The number of benzene rings is 2. The lowest BCUT2D eigenvalue weighted by atomic mass is 10.1. The smallest absolute Gasteiger partial charge is 0.316 e. The lowest BCUT2D eigenvalue weighted by Gasteiger charge is -2.31. The Morgan fingerprint density at radius 2 is 1.47 bits per heavy atom. The zero-order valence-electron chi connectivity index (χ0n) is 16.9. The molecule has 0 bridgehead atoms. The van der Waals surface area contributed by atoms with E-state index in [1.807, 2.05) is 6.07 Å². The molecule has 1 aromatic heterocycles. The van der Waals surface area contributed by atoms with Crippen molar-refractivity contribution in [2.45, 2.75) is 19.3 Å². The Morgan fingerprint density at radius 3 is 2.07 bits per heavy atom. The van der Waals surface area contributed by atoms with Crippen LogP contribution in [-0.2, 0) is 14.1 Å². The number of nitrogens with zero attached hydrogens (tertiary/aromatic N) is 3. The second-order valence-corrected chi connectivity index (χ2v) is 8.03. The monoisotopic (exact) mass is 426 g/mol. The van der Waals surface area contributed by atoms with Gasteiger partial charge in [-0.1, -0.05) is 11.6 Å². The fraction of sp³-hybridized carbons (Fsp3) is 0.318. The predicted octanol–water partition coefficient (Wildman–Crippen LogP) is 3.13. The van der Waals surface area contributed by atoms with E-state index in [4.69, 9.17) is 11.6 Å². The topological polar surface area (TPSA) is 76.3 Å². The number of carbonyl (C=O) groups is 1. The molecule has 1 saturated heterocycles. The minimum Gasteiger partial charge on any atom is -0.370 e. The lowest BCUT2D eigenvalue weighted by molar-refractivity contribution is 0.102. The Morgan fingerprint density at radius 1 is 0.900 bits per heavy atom. The van der Waals surface area contributed by atoms with Crippen molar-refractivity contribution in [3.8, 4) is 0 Å². The fourth-order valence-electron chi connectivity index (χ4n) is 3.90. The van der Waals surface area contributed by atoms with Crippen LogP contribution in [0.2, 0.25) is 5.02 Å². The molecule has 7 nitrogen and oxygen atoms in total. The van der Waals surface area contributed by atoms with Crippen LogP contribution in [0.25, 0.3) is 11.0 Å². The highest BCUT2D eigenvalue weighted by Crippen LogP contribution is 2.32. The second-order valence-electron chi connectivity index (χ2n) is 7.60. The Bertz CT molecular complexity index is 1240. The summed E-state index contributed by atoms with van der Waals surface area (Å²) in [6.45, 7) is 1.74. The van der Waals surface area contributed by atoms with E-state index in [0.717, 1.165) is 31.6 Å². The molecule has 2 aromatic carbocycles. The van der Waals surface area contributed by atoms with E-state index in [9.17, 15) is 14.4 Å². The third kappa shape index (κ3) is 3.61. The molecular weight excluding hydrogens is 404 g/mol. The molecule has 30 heavy (non-hydrogen) atoms. The molecule has 2 heterocycles. The first-order chi connectivity index (χ1) is 14.4. The number of fused-ring (bicyclic) bond motifs is 1. The van der Waals surface area contributed by atoms with Gasteiger partial charge in [-0.3, -0.25) is 14.4 Å². The number of piperidine rings is 1. The first kappa shape index (κ1) is 20.2. The summed E-state index contributed by atoms with van der Waals surface area (Å²) in [5.74, 6) is -0.265. The highest BCUT2D eigenvalue weighted by atomic mass is 35.5. The van der Waals surface area contributed by atoms with E-state index < -0.39 is 11.1 Å². The van der Waals surface area contributed by atoms with Crippen molar-refractivity contribution in [3.63, 3.8) is 0 Å². The quantitative estimate of drug-likeness (QED) is 0.653. The van der Waals surface area contributed by atoms with Crippen LogP contribution in [-0.4, -0.2) is 28.1 Å². The number of nitrogens with one attached hydrogen (secondary N) is 1. The predicted molar refractivity (Wildman–Crippen MR) is 120 cm³/mol. The third-order valence-electron chi connectivity index (χ3n) is 5.66. The molecule has 0 aliphatic carbocycles. The number of hydrogen-bond donors (Lipinski definition) is 1. The van der Waals surface area contributed by atoms with Crippen molar-refractivity contribution < 1.29 is 4.79 Å². The van der Waals surface area contributed by atoms with E-state index in [0.29, 0.717) is 27.3 Å². The van der Waals surface area contributed by atoms with Crippen LogP contribution < -0.4 is 21.3 Å². The van der Waals surface area contributed by atoms with Crippen LogP contribution in [0.5, 0.6) is 0 Å². The minimum absolute atomic E-state index is 0.265. The molecule has 1 N–H and O–H groups in total. The van der Waals surface area contributed by atoms with Crippen molar-refractivity contribution in [2.24, 2.45) is 14.1 Å². The molecule has 1 amide bonds. The number of aromatic nitrogens is 2. The highest BCUT2D eigenvalue weighted by molar-refractivity contribution is 6.30. The maximum absolute atomic E-state index is 12.9. The molecule has 4 rings (SSSR count). The summed E-state index contributed by atoms with van der Waals surface area (Å²) in [7, 11) is 3.16. The lowest BCUT2D eigenvalue weighted by Crippen LogP contribution is -2.39. The molecule has 0 saturated carbocycles. The van der Waals surface area contributed by atoms with E-state index in [2.05, 4.69) is 10.2 Å². The van der Waals surface area contributed by atoms with Crippen molar-refractivity contribution in [1.29, 1.82) is 0 Å². The number of aryl methyl sites for hydroxylation is 2. The summed E-state index contributed by atoms with van der Waals surface area (Å²) in [5, 5.41) is 3.55. The van der Waals surface area contributed by atoms with E-state index in [-0.39, 0.29) is 5.91 Å². The molecule has 3 aromatic rings. The number of rotatable bonds is 3. The van der Waals surface area contributed by atoms with Gasteiger partial charge < -0.3 is 19.4 Å². The zero-order chi connectivity index (χ0) is 21.4. The molecular formula is C22H23ClN4O3. The maximum atomic E-state index is 12.9. The van der Waals surface area contributed by atoms with Crippen molar-refractivity contribution in [2.75, 3.05) is 23.3 Å². The van der Waals surface area contributed by atoms with E-state index in [1.165, 1.54) is 15.6 Å². The van der Waals surface area contributed by atoms with Gasteiger partial charge >= 0.3 is 11.1 Å². The van der Waals surface area contributed by atoms with Crippen molar-refractivity contribution >= 4 is 39.9 Å². The van der Waals surface area contributed by atoms with Crippen LogP contribution in [0.4, 0.5) is 11.4 Å². The van der Waals surface area contributed by atoms with Crippen LogP contribution in [0, 0.1) is 0 Å². The van der Waals surface area contributed by atoms with Crippen LogP contribution in [0.1, 0.15) is 29.6 Å². The van der Waals surface area contributed by atoms with Gasteiger partial charge in [0.05, 0.1) is 22.4 Å². The average molecular weight is 427 g/mol. The van der Waals surface area contributed by atoms with Gasteiger partial charge in [0.2, 0.25) is 0 Å². The molecule has 156 valence electrons. The number of hydrogen-bond acceptors (Lipinski definition) is 4. The van der Waals surface area contributed by atoms with Gasteiger partial charge in [-0.05, 0) is 55.7 Å². The Balaban J connectivity index is 1.87. The average Bonchev–Trinajstić information content (AvgIpc) is 2.77. The summed E-state index contributed by atoms with van der Waals surface area (Å²) >= 11 is 5.93. The van der Waals surface area contributed by atoms with Gasteiger partial charge in [0, 0.05) is 37.8 Å². The van der Waals surface area contributed by atoms with Gasteiger partial charge in [-0.2, -0.15) is 0 Å². The Hall–Kier alpha value is -3.06. The van der Waals surface area contributed by atoms with E-state index >= 15 is 0 Å². The molecule has 8 heteroatoms. The first-order valence-corrected chi connectivity index (χ1v) is 10.3.